The second kappa shape index (κ2) is 6.91. The van der Waals surface area contributed by atoms with E-state index in [1.54, 1.807) is 36.7 Å². The molecular formula is C19H17N3O2. The molecule has 0 unspecified atom stereocenters. The van der Waals surface area contributed by atoms with Crippen LogP contribution in [0.3, 0.4) is 0 Å². The van der Waals surface area contributed by atoms with Gasteiger partial charge >= 0.3 is 6.01 Å². The molecule has 120 valence electrons. The second-order valence-electron chi connectivity index (χ2n) is 5.43. The van der Waals surface area contributed by atoms with Crippen molar-refractivity contribution in [2.45, 2.75) is 13.8 Å². The number of ether oxygens (including phenoxy) is 1. The van der Waals surface area contributed by atoms with Gasteiger partial charge in [-0.3, -0.25) is 4.79 Å². The summed E-state index contributed by atoms with van der Waals surface area (Å²) in [5, 5.41) is 2.70. The molecule has 0 saturated carbocycles. The lowest BCUT2D eigenvalue weighted by Gasteiger charge is -2.06. The number of benzene rings is 2. The summed E-state index contributed by atoms with van der Waals surface area (Å²) in [6.45, 7) is 3.52. The lowest BCUT2D eigenvalue weighted by atomic mass is 10.1. The van der Waals surface area contributed by atoms with Crippen molar-refractivity contribution < 1.29 is 9.53 Å². The van der Waals surface area contributed by atoms with E-state index < -0.39 is 0 Å². The molecule has 1 heterocycles. The monoisotopic (exact) mass is 319 g/mol. The van der Waals surface area contributed by atoms with Crippen molar-refractivity contribution in [3.8, 4) is 22.9 Å². The van der Waals surface area contributed by atoms with Crippen molar-refractivity contribution in [3.05, 3.63) is 66.5 Å². The molecule has 0 spiro atoms. The highest BCUT2D eigenvalue weighted by Gasteiger charge is 2.03. The van der Waals surface area contributed by atoms with E-state index in [4.69, 9.17) is 4.74 Å². The molecule has 0 aliphatic heterocycles. The number of rotatable bonds is 4. The van der Waals surface area contributed by atoms with Crippen LogP contribution in [0, 0.1) is 6.92 Å². The quantitative estimate of drug-likeness (QED) is 0.782. The van der Waals surface area contributed by atoms with E-state index in [9.17, 15) is 4.79 Å². The zero-order valence-corrected chi connectivity index (χ0v) is 13.5. The van der Waals surface area contributed by atoms with E-state index in [1.807, 2.05) is 12.1 Å². The number of carbonyl (C=O) groups excluding carboxylic acids is 1. The van der Waals surface area contributed by atoms with E-state index in [0.717, 1.165) is 11.1 Å². The summed E-state index contributed by atoms with van der Waals surface area (Å²) in [6.07, 6.45) is 3.47. The largest absolute Gasteiger partial charge is 0.424 e. The molecule has 0 bridgehead atoms. The SMILES string of the molecule is CC(=O)Nc1ccc(Oc2ncc(-c3ccc(C)cc3)cn2)cc1. The summed E-state index contributed by atoms with van der Waals surface area (Å²) in [5.74, 6) is 0.492. The lowest BCUT2D eigenvalue weighted by Crippen LogP contribution is -2.05. The molecule has 0 fully saturated rings. The Bertz CT molecular complexity index is 826. The van der Waals surface area contributed by atoms with E-state index in [1.165, 1.54) is 12.5 Å². The Kier molecular flexibility index (Phi) is 4.52. The Morgan fingerprint density at radius 1 is 0.917 bits per heavy atom. The first-order valence-corrected chi connectivity index (χ1v) is 7.55. The van der Waals surface area contributed by atoms with Crippen LogP contribution in [0.15, 0.2) is 60.9 Å². The van der Waals surface area contributed by atoms with Crippen molar-refractivity contribution in [3.63, 3.8) is 0 Å². The zero-order chi connectivity index (χ0) is 16.9. The maximum absolute atomic E-state index is 11.0. The number of nitrogens with zero attached hydrogens (tertiary/aromatic N) is 2. The van der Waals surface area contributed by atoms with E-state index >= 15 is 0 Å². The number of hydrogen-bond donors (Lipinski definition) is 1. The van der Waals surface area contributed by atoms with Crippen LogP contribution < -0.4 is 10.1 Å². The molecule has 0 atom stereocenters. The summed E-state index contributed by atoms with van der Waals surface area (Å²) in [6, 6.07) is 15.5. The van der Waals surface area contributed by atoms with E-state index in [2.05, 4.69) is 34.3 Å². The molecule has 5 heteroatoms. The first-order valence-electron chi connectivity index (χ1n) is 7.55. The Balaban J connectivity index is 1.69. The fourth-order valence-corrected chi connectivity index (χ4v) is 2.18. The van der Waals surface area contributed by atoms with Gasteiger partial charge in [0.1, 0.15) is 5.75 Å². The summed E-state index contributed by atoms with van der Waals surface area (Å²) in [5.41, 5.74) is 3.92. The molecule has 0 aliphatic rings. The highest BCUT2D eigenvalue weighted by molar-refractivity contribution is 5.88. The fourth-order valence-electron chi connectivity index (χ4n) is 2.18. The normalized spacial score (nSPS) is 10.2. The minimum Gasteiger partial charge on any atom is -0.424 e. The Morgan fingerprint density at radius 3 is 2.12 bits per heavy atom. The zero-order valence-electron chi connectivity index (χ0n) is 13.5. The van der Waals surface area contributed by atoms with Gasteiger partial charge in [-0.05, 0) is 36.8 Å². The van der Waals surface area contributed by atoms with Crippen LogP contribution in [0.4, 0.5) is 5.69 Å². The third kappa shape index (κ3) is 3.95. The predicted octanol–water partition coefficient (Wildman–Crippen LogP) is 4.20. The summed E-state index contributed by atoms with van der Waals surface area (Å²) in [7, 11) is 0. The minimum atomic E-state index is -0.112. The number of nitrogens with one attached hydrogen (secondary N) is 1. The van der Waals surface area contributed by atoms with Gasteiger partial charge in [-0.25, -0.2) is 9.97 Å². The Labute approximate surface area is 140 Å². The number of carbonyl (C=O) groups is 1. The number of amides is 1. The minimum absolute atomic E-state index is 0.112. The maximum Gasteiger partial charge on any atom is 0.321 e. The van der Waals surface area contributed by atoms with Crippen LogP contribution in [0.5, 0.6) is 11.8 Å². The fraction of sp³-hybridized carbons (Fsp3) is 0.105. The van der Waals surface area contributed by atoms with Crippen LogP contribution >= 0.6 is 0 Å². The van der Waals surface area contributed by atoms with Crippen LogP contribution in [-0.4, -0.2) is 15.9 Å². The molecule has 0 aliphatic carbocycles. The first-order chi connectivity index (χ1) is 11.6. The molecule has 0 radical (unpaired) electrons. The molecule has 3 aromatic rings. The van der Waals surface area contributed by atoms with Gasteiger partial charge in [-0.2, -0.15) is 0 Å². The summed E-state index contributed by atoms with van der Waals surface area (Å²) in [4.78, 5) is 19.5. The standard InChI is InChI=1S/C19H17N3O2/c1-13-3-5-15(6-4-13)16-11-20-19(21-12-16)24-18-9-7-17(8-10-18)22-14(2)23/h3-12H,1-2H3,(H,22,23). The Morgan fingerprint density at radius 2 is 1.54 bits per heavy atom. The average Bonchev–Trinajstić information content (AvgIpc) is 2.58. The van der Waals surface area contributed by atoms with Gasteiger partial charge in [0.25, 0.3) is 0 Å². The molecule has 5 nitrogen and oxygen atoms in total. The molecule has 3 rings (SSSR count). The number of aromatic nitrogens is 2. The highest BCUT2D eigenvalue weighted by atomic mass is 16.5. The third-order valence-corrected chi connectivity index (χ3v) is 3.40. The van der Waals surface area contributed by atoms with Crippen molar-refractivity contribution >= 4 is 11.6 Å². The number of hydrogen-bond acceptors (Lipinski definition) is 4. The van der Waals surface area contributed by atoms with Gasteiger partial charge in [0, 0.05) is 30.6 Å². The van der Waals surface area contributed by atoms with Crippen LogP contribution in [0.2, 0.25) is 0 Å². The first kappa shape index (κ1) is 15.7. The molecule has 1 aromatic heterocycles. The van der Waals surface area contributed by atoms with Crippen molar-refractivity contribution in [1.29, 1.82) is 0 Å². The van der Waals surface area contributed by atoms with E-state index in [-0.39, 0.29) is 11.9 Å². The smallest absolute Gasteiger partial charge is 0.321 e. The Hall–Kier alpha value is -3.21. The predicted molar refractivity (Wildman–Crippen MR) is 93.0 cm³/mol. The summed E-state index contributed by atoms with van der Waals surface area (Å²) < 4.78 is 5.61. The van der Waals surface area contributed by atoms with Crippen LogP contribution in [-0.2, 0) is 4.79 Å². The van der Waals surface area contributed by atoms with Gasteiger partial charge in [-0.15, -0.1) is 0 Å². The van der Waals surface area contributed by atoms with Crippen LogP contribution in [0.25, 0.3) is 11.1 Å². The third-order valence-electron chi connectivity index (χ3n) is 3.40. The molecule has 0 saturated heterocycles. The van der Waals surface area contributed by atoms with Gasteiger partial charge in [0.05, 0.1) is 0 Å². The van der Waals surface area contributed by atoms with Crippen molar-refractivity contribution in [2.75, 3.05) is 5.32 Å². The van der Waals surface area contributed by atoms with Gasteiger partial charge < -0.3 is 10.1 Å². The maximum atomic E-state index is 11.0. The molecule has 24 heavy (non-hydrogen) atoms. The average molecular weight is 319 g/mol. The molecule has 2 aromatic carbocycles. The second-order valence-corrected chi connectivity index (χ2v) is 5.43. The highest BCUT2D eigenvalue weighted by Crippen LogP contribution is 2.22. The molecular weight excluding hydrogens is 302 g/mol. The van der Waals surface area contributed by atoms with Gasteiger partial charge in [-0.1, -0.05) is 29.8 Å². The van der Waals surface area contributed by atoms with Crippen molar-refractivity contribution in [1.82, 2.24) is 9.97 Å². The summed E-state index contributed by atoms with van der Waals surface area (Å²) >= 11 is 0. The van der Waals surface area contributed by atoms with Gasteiger partial charge in [0.15, 0.2) is 0 Å². The van der Waals surface area contributed by atoms with E-state index in [0.29, 0.717) is 11.4 Å². The topological polar surface area (TPSA) is 64.1 Å². The molecule has 1 N–H and O–H groups in total. The van der Waals surface area contributed by atoms with Crippen molar-refractivity contribution in [2.24, 2.45) is 0 Å². The number of anilines is 1. The lowest BCUT2D eigenvalue weighted by molar-refractivity contribution is -0.114. The molecule has 1 amide bonds. The number of aryl methyl sites for hydroxylation is 1. The van der Waals surface area contributed by atoms with Crippen LogP contribution in [0.1, 0.15) is 12.5 Å². The van der Waals surface area contributed by atoms with Gasteiger partial charge in [0.2, 0.25) is 5.91 Å².